The summed E-state index contributed by atoms with van der Waals surface area (Å²) in [7, 11) is 1.47. The first kappa shape index (κ1) is 14.7. The Balaban J connectivity index is 2.36. The van der Waals surface area contributed by atoms with Gasteiger partial charge in [0, 0.05) is 13.6 Å². The van der Waals surface area contributed by atoms with Crippen molar-refractivity contribution in [1.29, 1.82) is 0 Å². The molecule has 1 aliphatic heterocycles. The highest BCUT2D eigenvalue weighted by Crippen LogP contribution is 2.03. The van der Waals surface area contributed by atoms with E-state index in [-0.39, 0.29) is 6.10 Å². The van der Waals surface area contributed by atoms with Crippen LogP contribution in [0.25, 0.3) is 0 Å². The quantitative estimate of drug-likeness (QED) is 0.721. The molecule has 1 aliphatic rings. The summed E-state index contributed by atoms with van der Waals surface area (Å²) in [5.74, 6) is -1.01. The zero-order valence-corrected chi connectivity index (χ0v) is 10.7. The molecule has 2 amide bonds. The third-order valence-corrected chi connectivity index (χ3v) is 2.83. The van der Waals surface area contributed by atoms with Gasteiger partial charge in [-0.2, -0.15) is 0 Å². The Morgan fingerprint density at radius 3 is 2.72 bits per heavy atom. The van der Waals surface area contributed by atoms with E-state index in [0.717, 1.165) is 0 Å². The van der Waals surface area contributed by atoms with Gasteiger partial charge in [0.2, 0.25) is 0 Å². The predicted molar refractivity (Wildman–Crippen MR) is 63.4 cm³/mol. The van der Waals surface area contributed by atoms with E-state index in [9.17, 15) is 9.59 Å². The molecule has 0 bridgehead atoms. The molecule has 2 N–H and O–H groups in total. The first-order valence-corrected chi connectivity index (χ1v) is 5.99. The maximum atomic E-state index is 11.7. The third kappa shape index (κ3) is 4.15. The van der Waals surface area contributed by atoms with E-state index in [4.69, 9.17) is 14.6 Å². The molecule has 0 aromatic carbocycles. The number of aliphatic carboxylic acids is 1. The maximum absolute atomic E-state index is 11.7. The maximum Gasteiger partial charge on any atom is 0.326 e. The highest BCUT2D eigenvalue weighted by Gasteiger charge is 2.25. The van der Waals surface area contributed by atoms with E-state index < -0.39 is 18.0 Å². The molecule has 1 saturated heterocycles. The van der Waals surface area contributed by atoms with Crippen LogP contribution in [-0.4, -0.2) is 67.6 Å². The summed E-state index contributed by atoms with van der Waals surface area (Å²) in [6.45, 7) is 3.57. The molecule has 0 radical (unpaired) electrons. The van der Waals surface area contributed by atoms with Crippen LogP contribution in [0.15, 0.2) is 0 Å². The summed E-state index contributed by atoms with van der Waals surface area (Å²) in [6.07, 6.45) is 0.198. The molecule has 0 saturated carbocycles. The number of hydrogen-bond acceptors (Lipinski definition) is 4. The third-order valence-electron chi connectivity index (χ3n) is 2.83. The first-order valence-electron chi connectivity index (χ1n) is 5.99. The fourth-order valence-corrected chi connectivity index (χ4v) is 1.74. The van der Waals surface area contributed by atoms with Crippen molar-refractivity contribution < 1.29 is 24.2 Å². The molecule has 7 heteroatoms. The van der Waals surface area contributed by atoms with Crippen molar-refractivity contribution in [3.05, 3.63) is 0 Å². The van der Waals surface area contributed by atoms with Crippen molar-refractivity contribution in [3.63, 3.8) is 0 Å². The topological polar surface area (TPSA) is 88.1 Å². The average Bonchev–Trinajstić information content (AvgIpc) is 2.37. The Kier molecular flexibility index (Phi) is 5.87. The summed E-state index contributed by atoms with van der Waals surface area (Å²) >= 11 is 0. The van der Waals surface area contributed by atoms with Gasteiger partial charge in [-0.1, -0.05) is 6.92 Å². The lowest BCUT2D eigenvalue weighted by Crippen LogP contribution is -2.49. The molecule has 104 valence electrons. The number of hydrogen-bond donors (Lipinski definition) is 2. The van der Waals surface area contributed by atoms with Crippen LogP contribution in [0.2, 0.25) is 0 Å². The normalized spacial score (nSPS) is 21.1. The second-order valence-corrected chi connectivity index (χ2v) is 4.13. The summed E-state index contributed by atoms with van der Waals surface area (Å²) in [4.78, 5) is 23.8. The highest BCUT2D eigenvalue weighted by molar-refractivity contribution is 5.82. The number of carboxylic acids is 1. The van der Waals surface area contributed by atoms with Gasteiger partial charge in [-0.3, -0.25) is 0 Å². The lowest BCUT2D eigenvalue weighted by atomic mass is 10.2. The van der Waals surface area contributed by atoms with Crippen LogP contribution in [0.3, 0.4) is 0 Å². The van der Waals surface area contributed by atoms with Crippen LogP contribution in [-0.2, 0) is 14.3 Å². The largest absolute Gasteiger partial charge is 0.480 e. The molecule has 2 atom stereocenters. The average molecular weight is 260 g/mol. The molecule has 7 nitrogen and oxygen atoms in total. The van der Waals surface area contributed by atoms with Crippen molar-refractivity contribution in [1.82, 2.24) is 10.2 Å². The number of carboxylic acid groups (broad SMARTS) is 1. The van der Waals surface area contributed by atoms with E-state index in [0.29, 0.717) is 32.8 Å². The van der Waals surface area contributed by atoms with Crippen LogP contribution >= 0.6 is 0 Å². The van der Waals surface area contributed by atoms with Gasteiger partial charge in [0.25, 0.3) is 0 Å². The first-order chi connectivity index (χ1) is 8.56. The minimum absolute atomic E-state index is 0.166. The van der Waals surface area contributed by atoms with Gasteiger partial charge < -0.3 is 24.8 Å². The minimum atomic E-state index is -1.01. The van der Waals surface area contributed by atoms with E-state index in [1.54, 1.807) is 6.92 Å². The molecule has 1 rings (SSSR count). The fourth-order valence-electron chi connectivity index (χ4n) is 1.74. The number of carbonyl (C=O) groups excluding carboxylic acids is 1. The number of nitrogens with one attached hydrogen (secondary N) is 1. The summed E-state index contributed by atoms with van der Waals surface area (Å²) < 4.78 is 10.6. The zero-order valence-electron chi connectivity index (χ0n) is 10.7. The Hall–Kier alpha value is -1.34. The van der Waals surface area contributed by atoms with E-state index in [1.165, 1.54) is 11.9 Å². The lowest BCUT2D eigenvalue weighted by Gasteiger charge is -2.27. The molecule has 1 heterocycles. The van der Waals surface area contributed by atoms with E-state index in [1.807, 2.05) is 0 Å². The Labute approximate surface area is 106 Å². The molecule has 18 heavy (non-hydrogen) atoms. The number of likely N-dealkylation sites (N-methyl/N-ethyl adjacent to an activating group) is 1. The summed E-state index contributed by atoms with van der Waals surface area (Å²) in [6, 6.07) is -1.23. The Bertz CT molecular complexity index is 291. The van der Waals surface area contributed by atoms with Gasteiger partial charge in [0.05, 0.1) is 25.9 Å². The standard InChI is InChI=1S/C11H20N2O5/c1-3-9(10(14)15)13(2)11(16)12-6-8-7-17-4-5-18-8/h8-9H,3-7H2,1-2H3,(H,12,16)(H,14,15). The summed E-state index contributed by atoms with van der Waals surface area (Å²) in [5, 5.41) is 11.6. The molecule has 0 aromatic heterocycles. The molecule has 0 aliphatic carbocycles. The van der Waals surface area contributed by atoms with Gasteiger partial charge in [0.15, 0.2) is 0 Å². The van der Waals surface area contributed by atoms with Gasteiger partial charge in [-0.15, -0.1) is 0 Å². The molecule has 0 spiro atoms. The Morgan fingerprint density at radius 2 is 2.22 bits per heavy atom. The van der Waals surface area contributed by atoms with Crippen LogP contribution in [0.1, 0.15) is 13.3 Å². The van der Waals surface area contributed by atoms with Crippen molar-refractivity contribution in [2.45, 2.75) is 25.5 Å². The monoisotopic (exact) mass is 260 g/mol. The van der Waals surface area contributed by atoms with Crippen LogP contribution in [0.5, 0.6) is 0 Å². The SMILES string of the molecule is CCC(C(=O)O)N(C)C(=O)NCC1COCCO1. The molecule has 1 fully saturated rings. The second kappa shape index (κ2) is 7.17. The van der Waals surface area contributed by atoms with Gasteiger partial charge in [0.1, 0.15) is 6.04 Å². The number of urea groups is 1. The number of ether oxygens (including phenoxy) is 2. The van der Waals surface area contributed by atoms with Crippen LogP contribution < -0.4 is 5.32 Å². The molecule has 2 unspecified atom stereocenters. The van der Waals surface area contributed by atoms with Crippen LogP contribution in [0.4, 0.5) is 4.79 Å². The molecule has 0 aromatic rings. The van der Waals surface area contributed by atoms with Crippen molar-refractivity contribution >= 4 is 12.0 Å². The highest BCUT2D eigenvalue weighted by atomic mass is 16.6. The van der Waals surface area contributed by atoms with Gasteiger partial charge in [-0.05, 0) is 6.42 Å². The Morgan fingerprint density at radius 1 is 1.50 bits per heavy atom. The van der Waals surface area contributed by atoms with Crippen molar-refractivity contribution in [2.75, 3.05) is 33.4 Å². The number of nitrogens with zero attached hydrogens (tertiary/aromatic N) is 1. The fraction of sp³-hybridized carbons (Fsp3) is 0.818. The van der Waals surface area contributed by atoms with E-state index >= 15 is 0 Å². The molecular formula is C11H20N2O5. The number of amides is 2. The van der Waals surface area contributed by atoms with Crippen molar-refractivity contribution in [3.8, 4) is 0 Å². The van der Waals surface area contributed by atoms with E-state index in [2.05, 4.69) is 5.32 Å². The number of carbonyl (C=O) groups is 2. The smallest absolute Gasteiger partial charge is 0.326 e. The van der Waals surface area contributed by atoms with Crippen molar-refractivity contribution in [2.24, 2.45) is 0 Å². The predicted octanol–water partition coefficient (Wildman–Crippen LogP) is -0.0936. The lowest BCUT2D eigenvalue weighted by molar-refractivity contribution is -0.141. The minimum Gasteiger partial charge on any atom is -0.480 e. The van der Waals surface area contributed by atoms with Gasteiger partial charge in [-0.25, -0.2) is 9.59 Å². The van der Waals surface area contributed by atoms with Crippen LogP contribution in [0, 0.1) is 0 Å². The van der Waals surface area contributed by atoms with Gasteiger partial charge >= 0.3 is 12.0 Å². The zero-order chi connectivity index (χ0) is 13.5. The second-order valence-electron chi connectivity index (χ2n) is 4.13. The summed E-state index contributed by atoms with van der Waals surface area (Å²) in [5.41, 5.74) is 0. The number of rotatable bonds is 5. The molecular weight excluding hydrogens is 240 g/mol.